The first kappa shape index (κ1) is 14.2. The van der Waals surface area contributed by atoms with E-state index in [1.807, 2.05) is 13.0 Å². The third kappa shape index (κ3) is 4.86. The second-order valence-corrected chi connectivity index (χ2v) is 4.15. The molecule has 0 spiro atoms. The van der Waals surface area contributed by atoms with Crippen molar-refractivity contribution >= 4 is 17.4 Å². The summed E-state index contributed by atoms with van der Waals surface area (Å²) < 4.78 is 10.1. The van der Waals surface area contributed by atoms with Crippen LogP contribution < -0.4 is 0 Å². The van der Waals surface area contributed by atoms with Crippen LogP contribution in [0.1, 0.15) is 22.3 Å². The van der Waals surface area contributed by atoms with Crippen molar-refractivity contribution in [3.8, 4) is 0 Å². The van der Waals surface area contributed by atoms with E-state index in [1.165, 1.54) is 0 Å². The number of halogens is 1. The van der Waals surface area contributed by atoms with E-state index in [0.717, 1.165) is 5.56 Å². The maximum absolute atomic E-state index is 11.8. The summed E-state index contributed by atoms with van der Waals surface area (Å²) in [5, 5.41) is 0.621. The van der Waals surface area contributed by atoms with E-state index in [2.05, 4.69) is 0 Å². The quantitative estimate of drug-likeness (QED) is 0.556. The minimum absolute atomic E-state index is 0.0457. The summed E-state index contributed by atoms with van der Waals surface area (Å²) in [6, 6.07) is 5.34. The molecular weight excluding hydrogens is 240 g/mol. The number of ether oxygens (including phenoxy) is 2. The Bertz CT molecular complexity index is 377. The summed E-state index contributed by atoms with van der Waals surface area (Å²) in [6.07, 6.45) is 0.364. The van der Waals surface area contributed by atoms with Gasteiger partial charge in [0.05, 0.1) is 19.8 Å². The van der Waals surface area contributed by atoms with Crippen molar-refractivity contribution in [3.05, 3.63) is 34.3 Å². The fourth-order valence-corrected chi connectivity index (χ4v) is 1.50. The normalized spacial score (nSPS) is 10.5. The van der Waals surface area contributed by atoms with Gasteiger partial charge < -0.3 is 9.47 Å². The molecule has 17 heavy (non-hydrogen) atoms. The summed E-state index contributed by atoms with van der Waals surface area (Å²) in [6.45, 7) is 3.38. The molecule has 0 bridgehead atoms. The molecule has 1 rings (SSSR count). The second-order valence-electron chi connectivity index (χ2n) is 3.74. The second kappa shape index (κ2) is 7.43. The number of benzene rings is 1. The van der Waals surface area contributed by atoms with Crippen molar-refractivity contribution in [2.24, 2.45) is 0 Å². The van der Waals surface area contributed by atoms with Gasteiger partial charge in [-0.15, -0.1) is 0 Å². The van der Waals surface area contributed by atoms with E-state index in [4.69, 9.17) is 21.1 Å². The summed E-state index contributed by atoms with van der Waals surface area (Å²) >= 11 is 5.96. The smallest absolute Gasteiger partial charge is 0.165 e. The van der Waals surface area contributed by atoms with Crippen LogP contribution in [0.15, 0.2) is 18.2 Å². The minimum Gasteiger partial charge on any atom is -0.382 e. The first-order chi connectivity index (χ1) is 8.15. The zero-order valence-corrected chi connectivity index (χ0v) is 10.9. The van der Waals surface area contributed by atoms with Crippen molar-refractivity contribution in [2.45, 2.75) is 13.3 Å². The van der Waals surface area contributed by atoms with Crippen LogP contribution in [-0.4, -0.2) is 32.7 Å². The van der Waals surface area contributed by atoms with Crippen molar-refractivity contribution in [1.82, 2.24) is 0 Å². The highest BCUT2D eigenvalue weighted by atomic mass is 35.5. The van der Waals surface area contributed by atoms with Gasteiger partial charge in [0, 0.05) is 24.1 Å². The number of carbonyl (C=O) groups excluding carboxylic acids is 1. The number of aryl methyl sites for hydroxylation is 1. The van der Waals surface area contributed by atoms with Gasteiger partial charge in [-0.05, 0) is 18.6 Å². The molecule has 0 fully saturated rings. The molecule has 0 N–H and O–H groups in total. The molecular formula is C13H17ClO3. The Morgan fingerprint density at radius 3 is 2.71 bits per heavy atom. The van der Waals surface area contributed by atoms with E-state index < -0.39 is 0 Å². The third-order valence-corrected chi connectivity index (χ3v) is 2.81. The molecule has 0 aliphatic heterocycles. The summed E-state index contributed by atoms with van der Waals surface area (Å²) in [4.78, 5) is 11.8. The maximum Gasteiger partial charge on any atom is 0.165 e. The number of hydrogen-bond donors (Lipinski definition) is 0. The lowest BCUT2D eigenvalue weighted by Gasteiger charge is -2.04. The first-order valence-corrected chi connectivity index (χ1v) is 5.89. The fraction of sp³-hybridized carbons (Fsp3) is 0.462. The molecule has 0 atom stereocenters. The number of hydrogen-bond acceptors (Lipinski definition) is 3. The van der Waals surface area contributed by atoms with Crippen LogP contribution in [0.25, 0.3) is 0 Å². The highest BCUT2D eigenvalue weighted by Crippen LogP contribution is 2.17. The fourth-order valence-electron chi connectivity index (χ4n) is 1.32. The predicted octanol–water partition coefficient (Wildman–Crippen LogP) is 2.88. The van der Waals surface area contributed by atoms with Gasteiger partial charge in [-0.2, -0.15) is 0 Å². The molecule has 1 aromatic rings. The van der Waals surface area contributed by atoms with Crippen LogP contribution in [0.4, 0.5) is 0 Å². The highest BCUT2D eigenvalue weighted by molar-refractivity contribution is 6.31. The molecule has 0 aromatic heterocycles. The molecule has 0 heterocycles. The van der Waals surface area contributed by atoms with Gasteiger partial charge in [0.15, 0.2) is 5.78 Å². The van der Waals surface area contributed by atoms with Gasteiger partial charge in [0.2, 0.25) is 0 Å². The van der Waals surface area contributed by atoms with Gasteiger partial charge in [0.1, 0.15) is 0 Å². The van der Waals surface area contributed by atoms with Crippen LogP contribution >= 0.6 is 11.6 Å². The van der Waals surface area contributed by atoms with Crippen LogP contribution in [0.3, 0.4) is 0 Å². The van der Waals surface area contributed by atoms with Gasteiger partial charge in [0.25, 0.3) is 0 Å². The lowest BCUT2D eigenvalue weighted by atomic mass is 10.1. The van der Waals surface area contributed by atoms with Gasteiger partial charge in [-0.3, -0.25) is 4.79 Å². The average Bonchev–Trinajstić information content (AvgIpc) is 2.32. The zero-order chi connectivity index (χ0) is 12.7. The SMILES string of the molecule is COCCOCCC(=O)c1ccc(C)c(Cl)c1. The molecule has 0 saturated carbocycles. The Hall–Kier alpha value is -0.900. The number of carbonyl (C=O) groups is 1. The average molecular weight is 257 g/mol. The standard InChI is InChI=1S/C13H17ClO3/c1-10-3-4-11(9-12(10)14)13(15)5-6-17-8-7-16-2/h3-4,9H,5-8H2,1-2H3. The van der Waals surface area contributed by atoms with Gasteiger partial charge >= 0.3 is 0 Å². The van der Waals surface area contributed by atoms with Crippen molar-refractivity contribution < 1.29 is 14.3 Å². The van der Waals surface area contributed by atoms with Gasteiger partial charge in [-0.1, -0.05) is 23.7 Å². The monoisotopic (exact) mass is 256 g/mol. The first-order valence-electron chi connectivity index (χ1n) is 5.51. The molecule has 4 heteroatoms. The molecule has 0 unspecified atom stereocenters. The van der Waals surface area contributed by atoms with Crippen molar-refractivity contribution in [1.29, 1.82) is 0 Å². The van der Waals surface area contributed by atoms with Gasteiger partial charge in [-0.25, -0.2) is 0 Å². The van der Waals surface area contributed by atoms with Crippen LogP contribution in [-0.2, 0) is 9.47 Å². The molecule has 0 amide bonds. The molecule has 3 nitrogen and oxygen atoms in total. The Morgan fingerprint density at radius 1 is 1.29 bits per heavy atom. The highest BCUT2D eigenvalue weighted by Gasteiger charge is 2.07. The summed E-state index contributed by atoms with van der Waals surface area (Å²) in [7, 11) is 1.61. The number of Topliss-reactive ketones (excluding diaryl/α,β-unsaturated/α-hetero) is 1. The van der Waals surface area contributed by atoms with E-state index in [-0.39, 0.29) is 5.78 Å². The molecule has 94 valence electrons. The lowest BCUT2D eigenvalue weighted by Crippen LogP contribution is -2.08. The van der Waals surface area contributed by atoms with Crippen molar-refractivity contribution in [3.63, 3.8) is 0 Å². The number of rotatable bonds is 7. The van der Waals surface area contributed by atoms with E-state index >= 15 is 0 Å². The third-order valence-electron chi connectivity index (χ3n) is 2.40. The van der Waals surface area contributed by atoms with E-state index in [1.54, 1.807) is 19.2 Å². The summed E-state index contributed by atoms with van der Waals surface area (Å²) in [5.74, 6) is 0.0457. The Balaban J connectivity index is 2.39. The van der Waals surface area contributed by atoms with Crippen molar-refractivity contribution in [2.75, 3.05) is 26.9 Å². The molecule has 1 aromatic carbocycles. The summed E-state index contributed by atoms with van der Waals surface area (Å²) in [5.41, 5.74) is 1.61. The Morgan fingerprint density at radius 2 is 2.06 bits per heavy atom. The van der Waals surface area contributed by atoms with Crippen LogP contribution in [0.5, 0.6) is 0 Å². The zero-order valence-electron chi connectivity index (χ0n) is 10.2. The Labute approximate surface area is 107 Å². The topological polar surface area (TPSA) is 35.5 Å². The molecule has 0 aliphatic rings. The largest absolute Gasteiger partial charge is 0.382 e. The van der Waals surface area contributed by atoms with Crippen LogP contribution in [0, 0.1) is 6.92 Å². The van der Waals surface area contributed by atoms with E-state index in [9.17, 15) is 4.79 Å². The Kier molecular flexibility index (Phi) is 6.19. The number of methoxy groups -OCH3 is 1. The molecule has 0 aliphatic carbocycles. The predicted molar refractivity (Wildman–Crippen MR) is 67.8 cm³/mol. The van der Waals surface area contributed by atoms with E-state index in [0.29, 0.717) is 36.8 Å². The lowest BCUT2D eigenvalue weighted by molar-refractivity contribution is 0.0641. The maximum atomic E-state index is 11.8. The minimum atomic E-state index is 0.0457. The molecule has 0 saturated heterocycles. The number of ketones is 1. The van der Waals surface area contributed by atoms with Crippen LogP contribution in [0.2, 0.25) is 5.02 Å². The molecule has 0 radical (unpaired) electrons.